The van der Waals surface area contributed by atoms with Gasteiger partial charge in [0.2, 0.25) is 17.7 Å². The van der Waals surface area contributed by atoms with Crippen LogP contribution >= 0.6 is 0 Å². The number of fused-ring (bicyclic) bond motifs is 1. The monoisotopic (exact) mass is 442 g/mol. The Morgan fingerprint density at radius 3 is 2.47 bits per heavy atom. The van der Waals surface area contributed by atoms with Crippen molar-refractivity contribution in [3.8, 4) is 0 Å². The van der Waals surface area contributed by atoms with E-state index in [0.29, 0.717) is 0 Å². The molecule has 3 amide bonds. The Morgan fingerprint density at radius 1 is 1.00 bits per heavy atom. The molecule has 0 aliphatic carbocycles. The van der Waals surface area contributed by atoms with Gasteiger partial charge in [0, 0.05) is 41.2 Å². The maximum absolute atomic E-state index is 13.3. The molecule has 2 aromatic carbocycles. The number of anilines is 1. The zero-order chi connectivity index (χ0) is 23.3. The number of aromatic nitrogens is 1. The van der Waals surface area contributed by atoms with Gasteiger partial charge in [-0.05, 0) is 23.8 Å². The fraction of sp³-hybridized carbons (Fsp3) is 0.261. The van der Waals surface area contributed by atoms with Crippen LogP contribution in [0.5, 0.6) is 0 Å². The van der Waals surface area contributed by atoms with Gasteiger partial charge in [-0.15, -0.1) is 0 Å². The van der Waals surface area contributed by atoms with Crippen LogP contribution in [0.15, 0.2) is 48.7 Å². The molecule has 0 radical (unpaired) electrons. The number of hydrogen-bond donors (Lipinski definition) is 4. The Kier molecular flexibility index (Phi) is 7.19. The fourth-order valence-electron chi connectivity index (χ4n) is 3.14. The minimum absolute atomic E-state index is 0.0617. The van der Waals surface area contributed by atoms with E-state index in [9.17, 15) is 23.2 Å². The van der Waals surface area contributed by atoms with Crippen molar-refractivity contribution in [2.45, 2.75) is 26.3 Å². The molecule has 0 spiro atoms. The van der Waals surface area contributed by atoms with E-state index in [4.69, 9.17) is 0 Å². The molecule has 3 aromatic rings. The van der Waals surface area contributed by atoms with Gasteiger partial charge in [0.15, 0.2) is 11.6 Å². The van der Waals surface area contributed by atoms with Crippen LogP contribution < -0.4 is 16.0 Å². The molecular formula is C23H24F2N4O3. The van der Waals surface area contributed by atoms with Crippen molar-refractivity contribution in [1.29, 1.82) is 0 Å². The van der Waals surface area contributed by atoms with E-state index in [1.165, 1.54) is 6.07 Å². The molecule has 0 fully saturated rings. The first-order valence-corrected chi connectivity index (χ1v) is 10.1. The average molecular weight is 442 g/mol. The number of amides is 3. The van der Waals surface area contributed by atoms with E-state index in [-0.39, 0.29) is 23.9 Å². The lowest BCUT2D eigenvalue weighted by Gasteiger charge is -2.19. The molecule has 1 unspecified atom stereocenters. The summed E-state index contributed by atoms with van der Waals surface area (Å²) in [5.41, 5.74) is 1.81. The highest BCUT2D eigenvalue weighted by molar-refractivity contribution is 5.96. The van der Waals surface area contributed by atoms with Crippen molar-refractivity contribution in [2.75, 3.05) is 11.9 Å². The molecular weight excluding hydrogens is 418 g/mol. The number of para-hydroxylation sites is 1. The second-order valence-corrected chi connectivity index (χ2v) is 7.67. The van der Waals surface area contributed by atoms with Crippen molar-refractivity contribution in [3.05, 3.63) is 65.9 Å². The number of H-pyrrole nitrogens is 1. The Labute approximate surface area is 183 Å². The van der Waals surface area contributed by atoms with Gasteiger partial charge in [-0.1, -0.05) is 32.0 Å². The third kappa shape index (κ3) is 5.69. The highest BCUT2D eigenvalue weighted by atomic mass is 19.2. The highest BCUT2D eigenvalue weighted by Gasteiger charge is 2.24. The minimum Gasteiger partial charge on any atom is -0.361 e. The van der Waals surface area contributed by atoms with E-state index >= 15 is 0 Å². The van der Waals surface area contributed by atoms with Crippen molar-refractivity contribution in [3.63, 3.8) is 0 Å². The van der Waals surface area contributed by atoms with Crippen LogP contribution in [-0.4, -0.2) is 35.3 Å². The van der Waals surface area contributed by atoms with Crippen molar-refractivity contribution >= 4 is 34.3 Å². The first kappa shape index (κ1) is 22.9. The summed E-state index contributed by atoms with van der Waals surface area (Å²) in [5.74, 6) is -3.91. The third-order valence-electron chi connectivity index (χ3n) is 4.88. The van der Waals surface area contributed by atoms with Crippen LogP contribution in [0.4, 0.5) is 14.5 Å². The number of carbonyl (C=O) groups excluding carboxylic acids is 3. The fourth-order valence-corrected chi connectivity index (χ4v) is 3.14. The number of carbonyl (C=O) groups is 3. The molecule has 1 aromatic heterocycles. The Bertz CT molecular complexity index is 1140. The molecule has 0 bridgehead atoms. The number of nitrogens with one attached hydrogen (secondary N) is 4. The lowest BCUT2D eigenvalue weighted by atomic mass is 10.0. The lowest BCUT2D eigenvalue weighted by molar-refractivity contribution is -0.131. The maximum Gasteiger partial charge on any atom is 0.243 e. The topological polar surface area (TPSA) is 103 Å². The predicted octanol–water partition coefficient (Wildman–Crippen LogP) is 2.88. The average Bonchev–Trinajstić information content (AvgIpc) is 3.17. The van der Waals surface area contributed by atoms with Crippen LogP contribution in [0.1, 0.15) is 19.4 Å². The summed E-state index contributed by atoms with van der Waals surface area (Å²) in [6, 6.07) is 9.63. The minimum atomic E-state index is -1.10. The highest BCUT2D eigenvalue weighted by Crippen LogP contribution is 2.19. The molecule has 3 rings (SSSR count). The normalized spacial score (nSPS) is 11.9. The third-order valence-corrected chi connectivity index (χ3v) is 4.88. The molecule has 0 saturated carbocycles. The summed E-state index contributed by atoms with van der Waals surface area (Å²) in [4.78, 5) is 40.3. The Morgan fingerprint density at radius 2 is 1.75 bits per heavy atom. The van der Waals surface area contributed by atoms with Gasteiger partial charge >= 0.3 is 0 Å². The molecule has 4 N–H and O–H groups in total. The van der Waals surface area contributed by atoms with Crippen molar-refractivity contribution in [2.24, 2.45) is 5.92 Å². The quantitative estimate of drug-likeness (QED) is 0.431. The number of benzene rings is 2. The Balaban J connectivity index is 1.66. The van der Waals surface area contributed by atoms with E-state index in [0.717, 1.165) is 28.6 Å². The molecule has 32 heavy (non-hydrogen) atoms. The van der Waals surface area contributed by atoms with Gasteiger partial charge in [-0.2, -0.15) is 0 Å². The molecule has 0 aliphatic heterocycles. The Hall–Kier alpha value is -3.75. The summed E-state index contributed by atoms with van der Waals surface area (Å²) < 4.78 is 26.3. The maximum atomic E-state index is 13.3. The van der Waals surface area contributed by atoms with Gasteiger partial charge in [0.25, 0.3) is 0 Å². The van der Waals surface area contributed by atoms with Gasteiger partial charge in [-0.25, -0.2) is 8.78 Å². The molecule has 168 valence electrons. The number of hydrogen-bond acceptors (Lipinski definition) is 3. The first-order valence-electron chi connectivity index (χ1n) is 10.1. The van der Waals surface area contributed by atoms with Crippen LogP contribution in [0.2, 0.25) is 0 Å². The molecule has 1 heterocycles. The predicted molar refractivity (Wildman–Crippen MR) is 117 cm³/mol. The van der Waals surface area contributed by atoms with E-state index in [2.05, 4.69) is 20.9 Å². The van der Waals surface area contributed by atoms with E-state index in [1.807, 2.05) is 24.3 Å². The summed E-state index contributed by atoms with van der Waals surface area (Å²) in [6.45, 7) is 3.02. The summed E-state index contributed by atoms with van der Waals surface area (Å²) in [7, 11) is 0. The molecule has 0 aliphatic rings. The van der Waals surface area contributed by atoms with Gasteiger partial charge < -0.3 is 20.9 Å². The number of halogens is 2. The lowest BCUT2D eigenvalue weighted by Crippen LogP contribution is -2.50. The second kappa shape index (κ2) is 10.0. The van der Waals surface area contributed by atoms with E-state index in [1.54, 1.807) is 20.0 Å². The van der Waals surface area contributed by atoms with Gasteiger partial charge in [0.05, 0.1) is 6.54 Å². The SMILES string of the molecule is CC(C)C(=O)NC(Cc1c[nH]c2ccccc12)C(=O)NCC(=O)Nc1ccc(F)c(F)c1. The molecule has 0 saturated heterocycles. The first-order chi connectivity index (χ1) is 15.2. The molecule has 1 atom stereocenters. The summed E-state index contributed by atoms with van der Waals surface area (Å²) >= 11 is 0. The van der Waals surface area contributed by atoms with Crippen molar-refractivity contribution < 1.29 is 23.2 Å². The van der Waals surface area contributed by atoms with Crippen LogP contribution in [0, 0.1) is 17.6 Å². The van der Waals surface area contributed by atoms with Crippen LogP contribution in [0.25, 0.3) is 10.9 Å². The molecule has 9 heteroatoms. The van der Waals surface area contributed by atoms with Crippen LogP contribution in [0.3, 0.4) is 0 Å². The smallest absolute Gasteiger partial charge is 0.243 e. The van der Waals surface area contributed by atoms with Crippen molar-refractivity contribution in [1.82, 2.24) is 15.6 Å². The summed E-state index contributed by atoms with van der Waals surface area (Å²) in [6.07, 6.45) is 2.00. The molecule has 7 nitrogen and oxygen atoms in total. The zero-order valence-electron chi connectivity index (χ0n) is 17.7. The van der Waals surface area contributed by atoms with Gasteiger partial charge in [0.1, 0.15) is 6.04 Å². The standard InChI is InChI=1S/C23H24F2N4O3/c1-13(2)22(31)29-20(9-14-11-26-19-6-4-3-5-16(14)19)23(32)27-12-21(30)28-15-7-8-17(24)18(25)10-15/h3-8,10-11,13,20,26H,9,12H2,1-2H3,(H,27,32)(H,28,30)(H,29,31). The second-order valence-electron chi connectivity index (χ2n) is 7.67. The summed E-state index contributed by atoms with van der Waals surface area (Å²) in [5, 5.41) is 8.52. The van der Waals surface area contributed by atoms with E-state index < -0.39 is 36.0 Å². The van der Waals surface area contributed by atoms with Gasteiger partial charge in [-0.3, -0.25) is 14.4 Å². The largest absolute Gasteiger partial charge is 0.361 e. The number of rotatable bonds is 8. The van der Waals surface area contributed by atoms with Crippen LogP contribution in [-0.2, 0) is 20.8 Å². The number of aromatic amines is 1. The zero-order valence-corrected chi connectivity index (χ0v) is 17.7.